The van der Waals surface area contributed by atoms with Crippen molar-refractivity contribution in [1.82, 2.24) is 20.2 Å². The van der Waals surface area contributed by atoms with Crippen LogP contribution in [0.3, 0.4) is 0 Å². The van der Waals surface area contributed by atoms with Crippen LogP contribution in [0.5, 0.6) is 0 Å². The molecule has 2 aromatic rings. The summed E-state index contributed by atoms with van der Waals surface area (Å²) in [6.07, 6.45) is 1.49. The minimum absolute atomic E-state index is 0.0838. The van der Waals surface area contributed by atoms with Gasteiger partial charge in [0.15, 0.2) is 5.82 Å². The van der Waals surface area contributed by atoms with E-state index in [2.05, 4.69) is 22.5 Å². The fraction of sp³-hybridized carbons (Fsp3) is 0.500. The second-order valence-corrected chi connectivity index (χ2v) is 9.04. The third-order valence-electron chi connectivity index (χ3n) is 6.31. The lowest BCUT2D eigenvalue weighted by Gasteiger charge is -2.35. The Balaban J connectivity index is 1.46. The molecule has 1 atom stereocenters. The molecule has 1 unspecified atom stereocenters. The van der Waals surface area contributed by atoms with Crippen LogP contribution in [-0.4, -0.2) is 65.4 Å². The third-order valence-corrected chi connectivity index (χ3v) is 6.31. The van der Waals surface area contributed by atoms with Gasteiger partial charge in [-0.25, -0.2) is 23.9 Å². The molecule has 3 heterocycles. The summed E-state index contributed by atoms with van der Waals surface area (Å²) < 4.78 is 25.7. The number of nitrogens with one attached hydrogen (secondary N) is 2. The van der Waals surface area contributed by atoms with E-state index < -0.39 is 17.9 Å². The number of anilines is 2. The summed E-state index contributed by atoms with van der Waals surface area (Å²) >= 11 is 0. The van der Waals surface area contributed by atoms with Crippen LogP contribution in [0.2, 0.25) is 0 Å². The van der Waals surface area contributed by atoms with E-state index in [1.807, 2.05) is 0 Å². The Morgan fingerprint density at radius 2 is 2.09 bits per heavy atom. The molecule has 1 saturated heterocycles. The number of rotatable bonds is 5. The summed E-state index contributed by atoms with van der Waals surface area (Å²) in [4.78, 5) is 37.7. The Kier molecular flexibility index (Phi) is 6.42. The van der Waals surface area contributed by atoms with Crippen LogP contribution >= 0.6 is 0 Å². The van der Waals surface area contributed by atoms with E-state index in [0.29, 0.717) is 49.9 Å². The highest BCUT2D eigenvalue weighted by Gasteiger charge is 2.33. The number of hydrogen-bond donors (Lipinski definition) is 2. The summed E-state index contributed by atoms with van der Waals surface area (Å²) in [5.74, 6) is 0.502. The summed E-state index contributed by atoms with van der Waals surface area (Å²) in [6.45, 7) is 6.53. The van der Waals surface area contributed by atoms with Crippen molar-refractivity contribution in [1.29, 1.82) is 0 Å². The van der Waals surface area contributed by atoms with Gasteiger partial charge in [-0.1, -0.05) is 0 Å². The standard InChI is InChI=1S/C24H29FN6O4/c1-3-35-24(33)30-11-17-20(12-30)27-21(29-22(17)31-8-9-34-13-14(31)2)15-4-7-19(18(25)10-15)28-23(32)26-16-5-6-16/h4,7,10,14,16H,3,5-6,8-9,11-13H2,1-2H3,(H2,26,28,32). The first kappa shape index (κ1) is 23.3. The molecule has 11 heteroatoms. The fourth-order valence-electron chi connectivity index (χ4n) is 4.32. The lowest BCUT2D eigenvalue weighted by atomic mass is 10.1. The molecule has 1 saturated carbocycles. The molecular weight excluding hydrogens is 455 g/mol. The normalized spacial score (nSPS) is 19.3. The first-order chi connectivity index (χ1) is 16.9. The number of carbonyl (C=O) groups is 2. The second-order valence-electron chi connectivity index (χ2n) is 9.04. The SMILES string of the molecule is CCOC(=O)N1Cc2nc(-c3ccc(NC(=O)NC4CC4)c(F)c3)nc(N3CCOCC3C)c2C1. The first-order valence-corrected chi connectivity index (χ1v) is 12.0. The van der Waals surface area contributed by atoms with Crippen LogP contribution in [0, 0.1) is 5.82 Å². The Morgan fingerprint density at radius 3 is 2.80 bits per heavy atom. The van der Waals surface area contributed by atoms with Crippen molar-refractivity contribution in [2.75, 3.05) is 36.6 Å². The lowest BCUT2D eigenvalue weighted by molar-refractivity contribution is 0.0980. The molecule has 10 nitrogen and oxygen atoms in total. The van der Waals surface area contributed by atoms with Crippen LogP contribution < -0.4 is 15.5 Å². The zero-order valence-electron chi connectivity index (χ0n) is 19.8. The van der Waals surface area contributed by atoms with Gasteiger partial charge in [0.1, 0.15) is 11.6 Å². The van der Waals surface area contributed by atoms with Crippen molar-refractivity contribution >= 4 is 23.6 Å². The van der Waals surface area contributed by atoms with Crippen molar-refractivity contribution in [2.24, 2.45) is 0 Å². The number of halogens is 1. The number of ether oxygens (including phenoxy) is 2. The van der Waals surface area contributed by atoms with Crippen LogP contribution in [0.25, 0.3) is 11.4 Å². The average molecular weight is 485 g/mol. The summed E-state index contributed by atoms with van der Waals surface area (Å²) in [6, 6.07) is 4.35. The smallest absolute Gasteiger partial charge is 0.410 e. The number of benzene rings is 1. The van der Waals surface area contributed by atoms with Gasteiger partial charge in [0.25, 0.3) is 0 Å². The molecular formula is C24H29FN6O4. The maximum absolute atomic E-state index is 14.9. The van der Waals surface area contributed by atoms with Crippen LogP contribution in [0.4, 0.5) is 25.5 Å². The molecule has 186 valence electrons. The Hall–Kier alpha value is -3.47. The van der Waals surface area contributed by atoms with E-state index in [9.17, 15) is 14.0 Å². The predicted molar refractivity (Wildman–Crippen MR) is 126 cm³/mol. The maximum atomic E-state index is 14.9. The van der Waals surface area contributed by atoms with Crippen LogP contribution in [-0.2, 0) is 22.6 Å². The van der Waals surface area contributed by atoms with Crippen molar-refractivity contribution in [3.63, 3.8) is 0 Å². The first-order valence-electron chi connectivity index (χ1n) is 12.0. The van der Waals surface area contributed by atoms with Gasteiger partial charge in [-0.15, -0.1) is 0 Å². The molecule has 5 rings (SSSR count). The molecule has 0 bridgehead atoms. The predicted octanol–water partition coefficient (Wildman–Crippen LogP) is 3.26. The van der Waals surface area contributed by atoms with Gasteiger partial charge in [0.2, 0.25) is 0 Å². The quantitative estimate of drug-likeness (QED) is 0.671. The number of amides is 3. The molecule has 35 heavy (non-hydrogen) atoms. The Labute approximate surface area is 202 Å². The molecule has 2 fully saturated rings. The van der Waals surface area contributed by atoms with Gasteiger partial charge in [0.05, 0.1) is 50.3 Å². The molecule has 3 amide bonds. The zero-order valence-corrected chi connectivity index (χ0v) is 19.8. The Morgan fingerprint density at radius 1 is 1.26 bits per heavy atom. The van der Waals surface area contributed by atoms with E-state index in [4.69, 9.17) is 19.4 Å². The minimum atomic E-state index is -0.577. The molecule has 1 aromatic heterocycles. The average Bonchev–Trinajstić information content (AvgIpc) is 3.54. The highest BCUT2D eigenvalue weighted by Crippen LogP contribution is 2.34. The molecule has 0 spiro atoms. The highest BCUT2D eigenvalue weighted by molar-refractivity contribution is 5.90. The Bertz CT molecular complexity index is 1140. The van der Waals surface area contributed by atoms with Gasteiger partial charge in [-0.05, 0) is 44.9 Å². The molecule has 1 aromatic carbocycles. The highest BCUT2D eigenvalue weighted by atomic mass is 19.1. The number of fused-ring (bicyclic) bond motifs is 1. The van der Waals surface area contributed by atoms with Gasteiger partial charge < -0.3 is 25.0 Å². The van der Waals surface area contributed by atoms with Crippen molar-refractivity contribution in [2.45, 2.75) is 51.9 Å². The van der Waals surface area contributed by atoms with Crippen LogP contribution in [0.15, 0.2) is 18.2 Å². The largest absolute Gasteiger partial charge is 0.450 e. The summed E-state index contributed by atoms with van der Waals surface area (Å²) in [7, 11) is 0. The lowest BCUT2D eigenvalue weighted by Crippen LogP contribution is -2.44. The minimum Gasteiger partial charge on any atom is -0.450 e. The van der Waals surface area contributed by atoms with Crippen molar-refractivity contribution < 1.29 is 23.5 Å². The summed E-state index contributed by atoms with van der Waals surface area (Å²) in [5, 5.41) is 5.33. The van der Waals surface area contributed by atoms with Gasteiger partial charge in [0, 0.05) is 23.7 Å². The molecule has 2 aliphatic heterocycles. The molecule has 2 N–H and O–H groups in total. The zero-order chi connectivity index (χ0) is 24.5. The molecule has 0 radical (unpaired) electrons. The molecule has 1 aliphatic carbocycles. The van der Waals surface area contributed by atoms with Crippen molar-refractivity contribution in [3.05, 3.63) is 35.3 Å². The van der Waals surface area contributed by atoms with E-state index in [1.54, 1.807) is 17.9 Å². The van der Waals surface area contributed by atoms with E-state index in [-0.39, 0.29) is 24.4 Å². The van der Waals surface area contributed by atoms with Gasteiger partial charge in [-0.2, -0.15) is 0 Å². The number of aromatic nitrogens is 2. The number of hydrogen-bond acceptors (Lipinski definition) is 7. The van der Waals surface area contributed by atoms with E-state index in [1.165, 1.54) is 12.1 Å². The van der Waals surface area contributed by atoms with E-state index in [0.717, 1.165) is 24.2 Å². The van der Waals surface area contributed by atoms with Gasteiger partial charge in [-0.3, -0.25) is 4.90 Å². The molecule has 3 aliphatic rings. The van der Waals surface area contributed by atoms with Crippen molar-refractivity contribution in [3.8, 4) is 11.4 Å². The monoisotopic (exact) mass is 484 g/mol. The van der Waals surface area contributed by atoms with Crippen LogP contribution in [0.1, 0.15) is 37.9 Å². The van der Waals surface area contributed by atoms with E-state index >= 15 is 0 Å². The fourth-order valence-corrected chi connectivity index (χ4v) is 4.32. The maximum Gasteiger partial charge on any atom is 0.410 e. The second kappa shape index (κ2) is 9.65. The summed E-state index contributed by atoms with van der Waals surface area (Å²) in [5.41, 5.74) is 2.15. The number of morpholine rings is 1. The topological polar surface area (TPSA) is 109 Å². The number of urea groups is 1. The number of nitrogens with zero attached hydrogens (tertiary/aromatic N) is 4. The third kappa shape index (κ3) is 5.00. The van der Waals surface area contributed by atoms with Gasteiger partial charge >= 0.3 is 12.1 Å². The number of carbonyl (C=O) groups excluding carboxylic acids is 2.